The molecule has 5 rings (SSSR count). The van der Waals surface area contributed by atoms with Crippen molar-refractivity contribution in [1.82, 2.24) is 9.88 Å². The van der Waals surface area contributed by atoms with E-state index in [-0.39, 0.29) is 12.4 Å². The molecule has 2 N–H and O–H groups in total. The summed E-state index contributed by atoms with van der Waals surface area (Å²) in [5, 5.41) is 4.80. The van der Waals surface area contributed by atoms with Gasteiger partial charge in [-0.2, -0.15) is 0 Å². The van der Waals surface area contributed by atoms with Crippen LogP contribution in [0.2, 0.25) is 0 Å². The zero-order chi connectivity index (χ0) is 27.5. The minimum atomic E-state index is -0.174. The Morgan fingerprint density at radius 2 is 1.77 bits per heavy atom. The normalized spacial score (nSPS) is 11.9. The number of hydrogen-bond donors (Lipinski definition) is 2. The average Bonchev–Trinajstić information content (AvgIpc) is 3.39. The number of H-pyrrole nitrogens is 1. The molecule has 0 saturated carbocycles. The Balaban J connectivity index is 1.44. The van der Waals surface area contributed by atoms with E-state index in [9.17, 15) is 4.79 Å². The molecule has 0 radical (unpaired) electrons. The van der Waals surface area contributed by atoms with E-state index in [1.807, 2.05) is 49.1 Å². The molecule has 8 nitrogen and oxygen atoms in total. The Kier molecular flexibility index (Phi) is 7.60. The van der Waals surface area contributed by atoms with Gasteiger partial charge in [-0.05, 0) is 79.5 Å². The smallest absolute Gasteiger partial charge is 0.253 e. The Morgan fingerprint density at radius 3 is 2.54 bits per heavy atom. The number of thiocarbonyl (C=S) groups is 1. The van der Waals surface area contributed by atoms with Gasteiger partial charge in [0, 0.05) is 29.2 Å². The molecule has 0 amide bonds. The lowest BCUT2D eigenvalue weighted by Gasteiger charge is -2.27. The van der Waals surface area contributed by atoms with Crippen molar-refractivity contribution < 1.29 is 18.9 Å². The molecule has 0 aliphatic carbocycles. The van der Waals surface area contributed by atoms with Crippen LogP contribution in [-0.4, -0.2) is 42.6 Å². The number of nitrogens with one attached hydrogen (secondary N) is 2. The van der Waals surface area contributed by atoms with Crippen LogP contribution in [0, 0.1) is 13.8 Å². The highest BCUT2D eigenvalue weighted by atomic mass is 32.1. The van der Waals surface area contributed by atoms with Crippen LogP contribution in [0.15, 0.2) is 59.4 Å². The maximum Gasteiger partial charge on any atom is 0.253 e. The Hall–Kier alpha value is -4.24. The summed E-state index contributed by atoms with van der Waals surface area (Å²) in [5.74, 6) is 2.63. The van der Waals surface area contributed by atoms with Crippen molar-refractivity contribution in [2.75, 3.05) is 32.9 Å². The van der Waals surface area contributed by atoms with Gasteiger partial charge >= 0.3 is 0 Å². The van der Waals surface area contributed by atoms with Crippen LogP contribution in [-0.2, 0) is 13.0 Å². The van der Waals surface area contributed by atoms with Gasteiger partial charge in [0.2, 0.25) is 6.79 Å². The Labute approximate surface area is 232 Å². The lowest BCUT2D eigenvalue weighted by atomic mass is 10.1. The summed E-state index contributed by atoms with van der Waals surface area (Å²) in [6, 6.07) is 17.6. The molecule has 39 heavy (non-hydrogen) atoms. The van der Waals surface area contributed by atoms with Gasteiger partial charge < -0.3 is 34.1 Å². The maximum absolute atomic E-state index is 13.1. The highest BCUT2D eigenvalue weighted by molar-refractivity contribution is 7.80. The molecule has 1 aromatic heterocycles. The minimum absolute atomic E-state index is 0.172. The van der Waals surface area contributed by atoms with Crippen molar-refractivity contribution >= 4 is 33.9 Å². The first-order chi connectivity index (χ1) is 18.8. The van der Waals surface area contributed by atoms with Crippen LogP contribution in [0.25, 0.3) is 10.9 Å². The van der Waals surface area contributed by atoms with E-state index >= 15 is 0 Å². The molecule has 9 heteroatoms. The van der Waals surface area contributed by atoms with Gasteiger partial charge in [-0.15, -0.1) is 0 Å². The summed E-state index contributed by atoms with van der Waals surface area (Å²) in [6.07, 6.45) is 0.680. The predicted octanol–water partition coefficient (Wildman–Crippen LogP) is 5.33. The minimum Gasteiger partial charge on any atom is -0.493 e. The second kappa shape index (κ2) is 11.2. The molecule has 0 atom stereocenters. The maximum atomic E-state index is 13.1. The van der Waals surface area contributed by atoms with E-state index in [2.05, 4.69) is 28.5 Å². The van der Waals surface area contributed by atoms with E-state index in [0.29, 0.717) is 58.7 Å². The number of anilines is 1. The van der Waals surface area contributed by atoms with Crippen molar-refractivity contribution in [2.45, 2.75) is 26.8 Å². The number of hydrogen-bond acceptors (Lipinski definition) is 6. The number of benzene rings is 3. The van der Waals surface area contributed by atoms with E-state index in [0.717, 1.165) is 27.8 Å². The Morgan fingerprint density at radius 1 is 1.00 bits per heavy atom. The van der Waals surface area contributed by atoms with E-state index < -0.39 is 0 Å². The van der Waals surface area contributed by atoms with Crippen LogP contribution < -0.4 is 29.8 Å². The molecule has 0 fully saturated rings. The van der Waals surface area contributed by atoms with Crippen molar-refractivity contribution in [1.29, 1.82) is 0 Å². The number of pyridine rings is 1. The van der Waals surface area contributed by atoms with E-state index in [1.54, 1.807) is 20.3 Å². The van der Waals surface area contributed by atoms with Crippen molar-refractivity contribution in [3.05, 3.63) is 87.2 Å². The highest BCUT2D eigenvalue weighted by Crippen LogP contribution is 2.35. The van der Waals surface area contributed by atoms with Gasteiger partial charge in [0.05, 0.1) is 26.3 Å². The summed E-state index contributed by atoms with van der Waals surface area (Å²) in [5.41, 5.74) is 5.34. The SMILES string of the molecule is COc1ccc(CCN(Cc2cc3cc4c(cc3[nH]c2=O)OCO4)C(=S)Nc2cc(C)ccc2C)cc1OC. The standard InChI is InChI=1S/C30H31N3O5S/c1-18-5-6-19(2)23(11-18)32-30(39)33(10-9-20-7-8-25(35-3)26(12-20)36-4)16-22-13-21-14-27-28(38-17-37-27)15-24(21)31-29(22)34/h5-8,11-15H,9-10,16-17H2,1-4H3,(H,31,34)(H,32,39). The highest BCUT2D eigenvalue weighted by Gasteiger charge is 2.18. The van der Waals surface area contributed by atoms with Crippen molar-refractivity contribution in [2.24, 2.45) is 0 Å². The third kappa shape index (κ3) is 5.78. The lowest BCUT2D eigenvalue weighted by molar-refractivity contribution is 0.174. The van der Waals surface area contributed by atoms with Crippen molar-refractivity contribution in [3.63, 3.8) is 0 Å². The molecule has 1 aliphatic rings. The number of fused-ring (bicyclic) bond motifs is 2. The van der Waals surface area contributed by atoms with Crippen LogP contribution in [0.5, 0.6) is 23.0 Å². The Bertz CT molecular complexity index is 1600. The monoisotopic (exact) mass is 545 g/mol. The summed E-state index contributed by atoms with van der Waals surface area (Å²) in [6.45, 7) is 5.15. The molecule has 0 saturated heterocycles. The quantitative estimate of drug-likeness (QED) is 0.288. The lowest BCUT2D eigenvalue weighted by Crippen LogP contribution is -2.37. The molecular weight excluding hydrogens is 514 g/mol. The first-order valence-corrected chi connectivity index (χ1v) is 13.0. The fraction of sp³-hybridized carbons (Fsp3) is 0.267. The summed E-state index contributed by atoms with van der Waals surface area (Å²) in [4.78, 5) is 18.1. The van der Waals surface area contributed by atoms with Gasteiger partial charge in [-0.1, -0.05) is 18.2 Å². The second-order valence-electron chi connectivity index (χ2n) is 9.53. The van der Waals surface area contributed by atoms with Crippen LogP contribution >= 0.6 is 12.2 Å². The fourth-order valence-electron chi connectivity index (χ4n) is 4.58. The first kappa shape index (κ1) is 26.4. The van der Waals surface area contributed by atoms with Gasteiger partial charge in [0.1, 0.15) is 0 Å². The van der Waals surface area contributed by atoms with Gasteiger partial charge in [0.15, 0.2) is 28.1 Å². The van der Waals surface area contributed by atoms with Crippen LogP contribution in [0.4, 0.5) is 5.69 Å². The summed E-state index contributed by atoms with van der Waals surface area (Å²) < 4.78 is 21.8. The fourth-order valence-corrected chi connectivity index (χ4v) is 4.85. The molecule has 0 bridgehead atoms. The number of aromatic nitrogens is 1. The van der Waals surface area contributed by atoms with Crippen LogP contribution in [0.1, 0.15) is 22.3 Å². The largest absolute Gasteiger partial charge is 0.493 e. The van der Waals surface area contributed by atoms with E-state index in [4.69, 9.17) is 31.2 Å². The van der Waals surface area contributed by atoms with Gasteiger partial charge in [-0.25, -0.2) is 0 Å². The van der Waals surface area contributed by atoms with E-state index in [1.165, 1.54) is 0 Å². The molecule has 3 aromatic carbocycles. The molecule has 1 aliphatic heterocycles. The molecule has 0 unspecified atom stereocenters. The molecular formula is C30H31N3O5S. The molecule has 2 heterocycles. The van der Waals surface area contributed by atoms with Gasteiger partial charge in [-0.3, -0.25) is 4.79 Å². The third-order valence-corrected chi connectivity index (χ3v) is 7.18. The molecule has 0 spiro atoms. The van der Waals surface area contributed by atoms with Gasteiger partial charge in [0.25, 0.3) is 5.56 Å². The van der Waals surface area contributed by atoms with Crippen LogP contribution in [0.3, 0.4) is 0 Å². The number of aryl methyl sites for hydroxylation is 2. The summed E-state index contributed by atoms with van der Waals surface area (Å²) >= 11 is 5.89. The second-order valence-corrected chi connectivity index (χ2v) is 9.91. The molecule has 4 aromatic rings. The average molecular weight is 546 g/mol. The number of rotatable bonds is 8. The predicted molar refractivity (Wildman–Crippen MR) is 156 cm³/mol. The van der Waals surface area contributed by atoms with Crippen molar-refractivity contribution in [3.8, 4) is 23.0 Å². The summed E-state index contributed by atoms with van der Waals surface area (Å²) in [7, 11) is 3.24. The zero-order valence-corrected chi connectivity index (χ0v) is 23.2. The number of methoxy groups -OCH3 is 2. The first-order valence-electron chi connectivity index (χ1n) is 12.6. The third-order valence-electron chi connectivity index (χ3n) is 6.82. The number of nitrogens with zero attached hydrogens (tertiary/aromatic N) is 1. The zero-order valence-electron chi connectivity index (χ0n) is 22.4. The number of aromatic amines is 1. The number of ether oxygens (including phenoxy) is 4. The topological polar surface area (TPSA) is 85.1 Å². The molecule has 202 valence electrons.